The van der Waals surface area contributed by atoms with Gasteiger partial charge in [-0.05, 0) is 36.1 Å². The van der Waals surface area contributed by atoms with Crippen LogP contribution in [0.3, 0.4) is 0 Å². The highest BCUT2D eigenvalue weighted by Crippen LogP contribution is 2.23. The van der Waals surface area contributed by atoms with Crippen molar-refractivity contribution in [2.75, 3.05) is 31.3 Å². The first-order valence-electron chi connectivity index (χ1n) is 6.47. The van der Waals surface area contributed by atoms with E-state index in [2.05, 4.69) is 27.7 Å². The largest absolute Gasteiger partial charge is 0.399 e. The molecule has 4 nitrogen and oxygen atoms in total. The summed E-state index contributed by atoms with van der Waals surface area (Å²) in [5, 5.41) is 4.74. The summed E-state index contributed by atoms with van der Waals surface area (Å²) in [6.45, 7) is 0.841. The summed E-state index contributed by atoms with van der Waals surface area (Å²) >= 11 is 1.75. The van der Waals surface area contributed by atoms with Crippen LogP contribution in [0, 0.1) is 0 Å². The summed E-state index contributed by atoms with van der Waals surface area (Å²) in [7, 11) is 3.61. The Hall–Kier alpha value is -2.01. The SMILES string of the molecule is CNC(=O)c1ccc(N)cc1N(C)CCc1cccs1. The predicted molar refractivity (Wildman–Crippen MR) is 85.5 cm³/mol. The van der Waals surface area contributed by atoms with Gasteiger partial charge in [0.05, 0.1) is 11.3 Å². The van der Waals surface area contributed by atoms with Crippen LogP contribution in [0.25, 0.3) is 0 Å². The molecule has 1 amide bonds. The summed E-state index contributed by atoms with van der Waals surface area (Å²) in [6, 6.07) is 9.54. The van der Waals surface area contributed by atoms with Crippen LogP contribution in [0.4, 0.5) is 11.4 Å². The molecule has 2 aromatic rings. The zero-order chi connectivity index (χ0) is 14.5. The molecule has 0 unspecified atom stereocenters. The smallest absolute Gasteiger partial charge is 0.253 e. The van der Waals surface area contributed by atoms with Gasteiger partial charge in [0.1, 0.15) is 0 Å². The van der Waals surface area contributed by atoms with Crippen molar-refractivity contribution in [2.45, 2.75) is 6.42 Å². The van der Waals surface area contributed by atoms with E-state index in [1.807, 2.05) is 13.1 Å². The van der Waals surface area contributed by atoms with Crippen LogP contribution >= 0.6 is 11.3 Å². The Bertz CT molecular complexity index is 581. The fourth-order valence-electron chi connectivity index (χ4n) is 2.04. The average molecular weight is 289 g/mol. The van der Waals surface area contributed by atoms with Gasteiger partial charge < -0.3 is 16.0 Å². The molecule has 20 heavy (non-hydrogen) atoms. The Kier molecular flexibility index (Phi) is 4.63. The number of hydrogen-bond donors (Lipinski definition) is 2. The van der Waals surface area contributed by atoms with Crippen molar-refractivity contribution in [3.05, 3.63) is 46.2 Å². The summed E-state index contributed by atoms with van der Waals surface area (Å²) in [5.74, 6) is -0.0945. The number of nitrogens with zero attached hydrogens (tertiary/aromatic N) is 1. The van der Waals surface area contributed by atoms with Crippen LogP contribution in [-0.2, 0) is 6.42 Å². The lowest BCUT2D eigenvalue weighted by atomic mass is 10.1. The number of nitrogens with one attached hydrogen (secondary N) is 1. The molecule has 0 aliphatic heterocycles. The van der Waals surface area contributed by atoms with Crippen LogP contribution in [0.15, 0.2) is 35.7 Å². The molecular weight excluding hydrogens is 270 g/mol. The molecule has 3 N–H and O–H groups in total. The van der Waals surface area contributed by atoms with Gasteiger partial charge >= 0.3 is 0 Å². The summed E-state index contributed by atoms with van der Waals surface area (Å²) in [6.07, 6.45) is 0.955. The molecule has 1 aromatic carbocycles. The number of anilines is 2. The van der Waals surface area contributed by atoms with Crippen molar-refractivity contribution >= 4 is 28.6 Å². The molecule has 0 bridgehead atoms. The lowest BCUT2D eigenvalue weighted by Gasteiger charge is -2.22. The molecule has 0 saturated heterocycles. The van der Waals surface area contributed by atoms with E-state index in [4.69, 9.17) is 5.73 Å². The monoisotopic (exact) mass is 289 g/mol. The molecule has 0 aliphatic carbocycles. The number of rotatable bonds is 5. The van der Waals surface area contributed by atoms with Crippen molar-refractivity contribution in [2.24, 2.45) is 0 Å². The molecule has 0 spiro atoms. The maximum absolute atomic E-state index is 11.9. The highest BCUT2D eigenvalue weighted by atomic mass is 32.1. The van der Waals surface area contributed by atoms with E-state index in [1.165, 1.54) is 4.88 Å². The third-order valence-electron chi connectivity index (χ3n) is 3.18. The molecule has 0 radical (unpaired) electrons. The third kappa shape index (κ3) is 3.30. The standard InChI is InChI=1S/C15H19N3OS/c1-17-15(19)13-6-5-11(16)10-14(13)18(2)8-7-12-4-3-9-20-12/h3-6,9-10H,7-8,16H2,1-2H3,(H,17,19). The molecule has 2 rings (SSSR count). The van der Waals surface area contributed by atoms with E-state index >= 15 is 0 Å². The first kappa shape index (κ1) is 14.4. The van der Waals surface area contributed by atoms with Gasteiger partial charge in [-0.15, -0.1) is 11.3 Å². The molecular formula is C15H19N3OS. The Morgan fingerprint density at radius 1 is 1.40 bits per heavy atom. The minimum atomic E-state index is -0.0945. The molecule has 1 heterocycles. The van der Waals surface area contributed by atoms with Gasteiger partial charge in [-0.1, -0.05) is 6.07 Å². The minimum absolute atomic E-state index is 0.0945. The Labute approximate surface area is 123 Å². The van der Waals surface area contributed by atoms with Gasteiger partial charge in [0.25, 0.3) is 5.91 Å². The maximum atomic E-state index is 11.9. The molecule has 0 saturated carbocycles. The Morgan fingerprint density at radius 2 is 2.20 bits per heavy atom. The second kappa shape index (κ2) is 6.43. The number of nitrogens with two attached hydrogens (primary N) is 1. The van der Waals surface area contributed by atoms with Crippen molar-refractivity contribution in [3.8, 4) is 0 Å². The number of nitrogen functional groups attached to an aromatic ring is 1. The van der Waals surface area contributed by atoms with E-state index in [-0.39, 0.29) is 5.91 Å². The van der Waals surface area contributed by atoms with Gasteiger partial charge in [0.2, 0.25) is 0 Å². The molecule has 5 heteroatoms. The number of benzene rings is 1. The zero-order valence-electron chi connectivity index (χ0n) is 11.7. The molecule has 0 atom stereocenters. The van der Waals surface area contributed by atoms with E-state index in [0.717, 1.165) is 18.7 Å². The van der Waals surface area contributed by atoms with Crippen LogP contribution in [-0.4, -0.2) is 26.5 Å². The van der Waals surface area contributed by atoms with Gasteiger partial charge in [0, 0.05) is 31.2 Å². The van der Waals surface area contributed by atoms with Crippen LogP contribution in [0.2, 0.25) is 0 Å². The van der Waals surface area contributed by atoms with Crippen molar-refractivity contribution in [1.82, 2.24) is 5.32 Å². The molecule has 106 valence electrons. The van der Waals surface area contributed by atoms with Crippen molar-refractivity contribution < 1.29 is 4.79 Å². The van der Waals surface area contributed by atoms with Gasteiger partial charge in [-0.3, -0.25) is 4.79 Å². The van der Waals surface area contributed by atoms with Gasteiger partial charge in [0.15, 0.2) is 0 Å². The lowest BCUT2D eigenvalue weighted by Crippen LogP contribution is -2.26. The number of thiophene rings is 1. The molecule has 0 fully saturated rings. The summed E-state index contributed by atoms with van der Waals surface area (Å²) in [5.41, 5.74) is 8.01. The molecule has 0 aliphatic rings. The fraction of sp³-hybridized carbons (Fsp3) is 0.267. The second-order valence-electron chi connectivity index (χ2n) is 4.61. The third-order valence-corrected chi connectivity index (χ3v) is 4.11. The zero-order valence-corrected chi connectivity index (χ0v) is 12.5. The summed E-state index contributed by atoms with van der Waals surface area (Å²) in [4.78, 5) is 15.3. The van der Waals surface area contributed by atoms with Crippen LogP contribution < -0.4 is 16.0 Å². The Morgan fingerprint density at radius 3 is 2.85 bits per heavy atom. The average Bonchev–Trinajstić information content (AvgIpc) is 2.97. The maximum Gasteiger partial charge on any atom is 0.253 e. The number of carbonyl (C=O) groups excluding carboxylic acids is 1. The first-order chi connectivity index (χ1) is 9.61. The fourth-order valence-corrected chi connectivity index (χ4v) is 2.74. The second-order valence-corrected chi connectivity index (χ2v) is 5.64. The van der Waals surface area contributed by atoms with E-state index in [0.29, 0.717) is 11.3 Å². The lowest BCUT2D eigenvalue weighted by molar-refractivity contribution is 0.0963. The van der Waals surface area contributed by atoms with E-state index in [1.54, 1.807) is 30.5 Å². The quantitative estimate of drug-likeness (QED) is 0.831. The van der Waals surface area contributed by atoms with Crippen LogP contribution in [0.1, 0.15) is 15.2 Å². The van der Waals surface area contributed by atoms with Crippen LogP contribution in [0.5, 0.6) is 0 Å². The summed E-state index contributed by atoms with van der Waals surface area (Å²) < 4.78 is 0. The minimum Gasteiger partial charge on any atom is -0.399 e. The van der Waals surface area contributed by atoms with E-state index < -0.39 is 0 Å². The topological polar surface area (TPSA) is 58.4 Å². The number of hydrogen-bond acceptors (Lipinski definition) is 4. The highest BCUT2D eigenvalue weighted by molar-refractivity contribution is 7.09. The number of carbonyl (C=O) groups is 1. The van der Waals surface area contributed by atoms with Crippen molar-refractivity contribution in [3.63, 3.8) is 0 Å². The molecule has 1 aromatic heterocycles. The predicted octanol–water partition coefficient (Wildman–Crippen LogP) is 2.37. The first-order valence-corrected chi connectivity index (χ1v) is 7.35. The van der Waals surface area contributed by atoms with E-state index in [9.17, 15) is 4.79 Å². The van der Waals surface area contributed by atoms with Gasteiger partial charge in [-0.2, -0.15) is 0 Å². The van der Waals surface area contributed by atoms with Crippen molar-refractivity contribution in [1.29, 1.82) is 0 Å². The normalized spacial score (nSPS) is 10.3. The number of likely N-dealkylation sites (N-methyl/N-ethyl adjacent to an activating group) is 1. The Balaban J connectivity index is 2.17. The van der Waals surface area contributed by atoms with Gasteiger partial charge in [-0.25, -0.2) is 0 Å². The highest BCUT2D eigenvalue weighted by Gasteiger charge is 2.13. The number of amides is 1.